The van der Waals surface area contributed by atoms with E-state index in [1.54, 1.807) is 36.0 Å². The van der Waals surface area contributed by atoms with E-state index in [-0.39, 0.29) is 17.9 Å². The summed E-state index contributed by atoms with van der Waals surface area (Å²) in [7, 11) is 1.75. The predicted molar refractivity (Wildman–Crippen MR) is 93.8 cm³/mol. The molecule has 3 rings (SSSR count). The highest BCUT2D eigenvalue weighted by Crippen LogP contribution is 2.28. The van der Waals surface area contributed by atoms with E-state index in [0.717, 1.165) is 37.1 Å². The van der Waals surface area contributed by atoms with E-state index >= 15 is 0 Å². The first-order valence-electron chi connectivity index (χ1n) is 8.00. The number of amides is 1. The van der Waals surface area contributed by atoms with Crippen LogP contribution >= 0.6 is 22.7 Å². The van der Waals surface area contributed by atoms with Crippen molar-refractivity contribution in [3.8, 4) is 0 Å². The van der Waals surface area contributed by atoms with Gasteiger partial charge in [-0.25, -0.2) is 4.98 Å². The first-order valence-corrected chi connectivity index (χ1v) is 9.82. The van der Waals surface area contributed by atoms with E-state index < -0.39 is 0 Å². The van der Waals surface area contributed by atoms with E-state index in [0.29, 0.717) is 6.10 Å². The van der Waals surface area contributed by atoms with Gasteiger partial charge < -0.3 is 10.1 Å². The van der Waals surface area contributed by atoms with Crippen LogP contribution in [0.1, 0.15) is 42.3 Å². The zero-order chi connectivity index (χ0) is 16.1. The highest BCUT2D eigenvalue weighted by atomic mass is 32.1. The fraction of sp³-hybridized carbons (Fsp3) is 0.529. The summed E-state index contributed by atoms with van der Waals surface area (Å²) in [5, 5.41) is 10.4. The van der Waals surface area contributed by atoms with Crippen molar-refractivity contribution in [1.29, 1.82) is 0 Å². The van der Waals surface area contributed by atoms with Crippen LogP contribution in [-0.4, -0.2) is 24.1 Å². The van der Waals surface area contributed by atoms with Crippen molar-refractivity contribution in [2.45, 2.75) is 44.2 Å². The number of carbonyl (C=O) groups excluding carboxylic acids is 1. The molecule has 1 amide bonds. The SMILES string of the molecule is COC1CCC(C(=O)N[C@@H](Cc2ccsc2)c2nccs2)CC1. The second-order valence-corrected chi connectivity index (χ2v) is 7.68. The Morgan fingerprint density at radius 2 is 2.22 bits per heavy atom. The van der Waals surface area contributed by atoms with Crippen LogP contribution in [0.25, 0.3) is 0 Å². The molecule has 23 heavy (non-hydrogen) atoms. The topological polar surface area (TPSA) is 51.2 Å². The number of nitrogens with zero attached hydrogens (tertiary/aromatic N) is 1. The van der Waals surface area contributed by atoms with Crippen LogP contribution in [0.4, 0.5) is 0 Å². The molecule has 4 nitrogen and oxygen atoms in total. The van der Waals surface area contributed by atoms with Gasteiger partial charge in [-0.2, -0.15) is 11.3 Å². The van der Waals surface area contributed by atoms with Crippen molar-refractivity contribution in [2.75, 3.05) is 7.11 Å². The molecule has 124 valence electrons. The molecular weight excluding hydrogens is 328 g/mol. The number of ether oxygens (including phenoxy) is 1. The second kappa shape index (κ2) is 8.04. The van der Waals surface area contributed by atoms with Gasteiger partial charge in [-0.3, -0.25) is 4.79 Å². The zero-order valence-corrected chi connectivity index (χ0v) is 14.9. The van der Waals surface area contributed by atoms with Crippen LogP contribution < -0.4 is 5.32 Å². The summed E-state index contributed by atoms with van der Waals surface area (Å²) in [6.07, 6.45) is 6.69. The number of rotatable bonds is 6. The highest BCUT2D eigenvalue weighted by Gasteiger charge is 2.28. The lowest BCUT2D eigenvalue weighted by molar-refractivity contribution is -0.127. The summed E-state index contributed by atoms with van der Waals surface area (Å²) in [4.78, 5) is 17.1. The number of aromatic nitrogens is 1. The largest absolute Gasteiger partial charge is 0.381 e. The molecule has 1 saturated carbocycles. The summed E-state index contributed by atoms with van der Waals surface area (Å²) in [6, 6.07) is 2.08. The van der Waals surface area contributed by atoms with Gasteiger partial charge in [0.1, 0.15) is 5.01 Å². The Bertz CT molecular complexity index is 590. The Balaban J connectivity index is 1.63. The number of methoxy groups -OCH3 is 1. The van der Waals surface area contributed by atoms with Crippen molar-refractivity contribution >= 4 is 28.6 Å². The van der Waals surface area contributed by atoms with E-state index in [4.69, 9.17) is 4.74 Å². The summed E-state index contributed by atoms with van der Waals surface area (Å²) in [5.41, 5.74) is 1.25. The smallest absolute Gasteiger partial charge is 0.223 e. The molecule has 0 aliphatic heterocycles. The lowest BCUT2D eigenvalue weighted by Crippen LogP contribution is -2.37. The maximum atomic E-state index is 12.7. The fourth-order valence-corrected chi connectivity index (χ4v) is 4.47. The first-order chi connectivity index (χ1) is 11.3. The molecule has 2 aromatic rings. The fourth-order valence-electron chi connectivity index (χ4n) is 3.10. The van der Waals surface area contributed by atoms with Crippen molar-refractivity contribution in [2.24, 2.45) is 5.92 Å². The number of thiophene rings is 1. The molecule has 0 radical (unpaired) electrons. The number of nitrogens with one attached hydrogen (secondary N) is 1. The van der Waals surface area contributed by atoms with Crippen molar-refractivity contribution in [3.63, 3.8) is 0 Å². The predicted octanol–water partition coefficient (Wildman–Crippen LogP) is 3.81. The quantitative estimate of drug-likeness (QED) is 0.862. The van der Waals surface area contributed by atoms with Crippen LogP contribution in [-0.2, 0) is 16.0 Å². The van der Waals surface area contributed by atoms with Crippen LogP contribution in [0, 0.1) is 5.92 Å². The monoisotopic (exact) mass is 350 g/mol. The molecule has 0 spiro atoms. The third kappa shape index (κ3) is 4.40. The van der Waals surface area contributed by atoms with Gasteiger partial charge in [0.25, 0.3) is 0 Å². The van der Waals surface area contributed by atoms with Crippen LogP contribution in [0.2, 0.25) is 0 Å². The molecule has 0 saturated heterocycles. The number of hydrogen-bond acceptors (Lipinski definition) is 5. The standard InChI is InChI=1S/C17H22N2O2S2/c1-21-14-4-2-13(3-5-14)16(20)19-15(17-18-7-9-23-17)10-12-6-8-22-11-12/h6-9,11,13-15H,2-5,10H2,1H3,(H,19,20)/t13?,14?,15-/m0/s1. The Labute approximate surface area is 144 Å². The normalized spacial score (nSPS) is 22.7. The van der Waals surface area contributed by atoms with Crippen molar-refractivity contribution < 1.29 is 9.53 Å². The minimum atomic E-state index is -0.0303. The highest BCUT2D eigenvalue weighted by molar-refractivity contribution is 7.09. The van der Waals surface area contributed by atoms with Gasteiger partial charge in [0.05, 0.1) is 12.1 Å². The van der Waals surface area contributed by atoms with Gasteiger partial charge in [-0.1, -0.05) is 0 Å². The third-order valence-electron chi connectivity index (χ3n) is 4.46. The molecule has 1 aliphatic carbocycles. The first kappa shape index (κ1) is 16.6. The minimum absolute atomic E-state index is 0.0303. The molecule has 1 fully saturated rings. The summed E-state index contributed by atoms with van der Waals surface area (Å²) < 4.78 is 5.39. The second-order valence-electron chi connectivity index (χ2n) is 5.98. The third-order valence-corrected chi connectivity index (χ3v) is 6.09. The van der Waals surface area contributed by atoms with Gasteiger partial charge in [-0.05, 0) is 48.1 Å². The maximum Gasteiger partial charge on any atom is 0.223 e. The zero-order valence-electron chi connectivity index (χ0n) is 13.2. The number of hydrogen-bond donors (Lipinski definition) is 1. The Kier molecular flexibility index (Phi) is 5.80. The summed E-state index contributed by atoms with van der Waals surface area (Å²) in [6.45, 7) is 0. The lowest BCUT2D eigenvalue weighted by atomic mass is 9.86. The van der Waals surface area contributed by atoms with Crippen LogP contribution in [0.5, 0.6) is 0 Å². The molecule has 2 aromatic heterocycles. The molecule has 1 aliphatic rings. The Morgan fingerprint density at radius 1 is 1.39 bits per heavy atom. The van der Waals surface area contributed by atoms with E-state index in [9.17, 15) is 4.79 Å². The maximum absolute atomic E-state index is 12.7. The molecule has 0 bridgehead atoms. The summed E-state index contributed by atoms with van der Waals surface area (Å²) >= 11 is 3.29. The van der Waals surface area contributed by atoms with Gasteiger partial charge >= 0.3 is 0 Å². The van der Waals surface area contributed by atoms with Gasteiger partial charge in [-0.15, -0.1) is 11.3 Å². The molecule has 6 heteroatoms. The molecule has 0 unspecified atom stereocenters. The minimum Gasteiger partial charge on any atom is -0.381 e. The molecule has 1 N–H and O–H groups in total. The van der Waals surface area contributed by atoms with Crippen LogP contribution in [0.3, 0.4) is 0 Å². The van der Waals surface area contributed by atoms with E-state index in [2.05, 4.69) is 27.1 Å². The van der Waals surface area contributed by atoms with Crippen LogP contribution in [0.15, 0.2) is 28.4 Å². The van der Waals surface area contributed by atoms with E-state index in [1.807, 2.05) is 5.38 Å². The van der Waals surface area contributed by atoms with Gasteiger partial charge in [0.2, 0.25) is 5.91 Å². The molecular formula is C17H22N2O2S2. The Morgan fingerprint density at radius 3 is 2.83 bits per heavy atom. The summed E-state index contributed by atoms with van der Waals surface area (Å²) in [5.74, 6) is 0.265. The molecule has 2 heterocycles. The molecule has 1 atom stereocenters. The number of carbonyl (C=O) groups is 1. The van der Waals surface area contributed by atoms with E-state index in [1.165, 1.54) is 5.56 Å². The van der Waals surface area contributed by atoms with Gasteiger partial charge in [0.15, 0.2) is 0 Å². The molecule has 0 aromatic carbocycles. The average Bonchev–Trinajstić information content (AvgIpc) is 3.27. The van der Waals surface area contributed by atoms with Crippen molar-refractivity contribution in [1.82, 2.24) is 10.3 Å². The lowest BCUT2D eigenvalue weighted by Gasteiger charge is -2.28. The van der Waals surface area contributed by atoms with Gasteiger partial charge in [0, 0.05) is 31.0 Å². The van der Waals surface area contributed by atoms with Crippen molar-refractivity contribution in [3.05, 3.63) is 39.0 Å². The average molecular weight is 351 g/mol. The number of thiazole rings is 1. The Hall–Kier alpha value is -1.24.